The summed E-state index contributed by atoms with van der Waals surface area (Å²) in [6.07, 6.45) is 6.12. The first-order chi connectivity index (χ1) is 7.27. The first-order valence-corrected chi connectivity index (χ1v) is 4.86. The van der Waals surface area contributed by atoms with Crippen LogP contribution in [-0.2, 0) is 6.42 Å². The minimum absolute atomic E-state index is 0.737. The van der Waals surface area contributed by atoms with Crippen LogP contribution in [-0.4, -0.2) is 9.97 Å². The zero-order chi connectivity index (χ0) is 10.7. The van der Waals surface area contributed by atoms with Gasteiger partial charge >= 0.3 is 0 Å². The summed E-state index contributed by atoms with van der Waals surface area (Å²) in [7, 11) is 0. The quantitative estimate of drug-likeness (QED) is 0.804. The number of rotatable bonds is 2. The maximum absolute atomic E-state index is 5.95. The normalized spacial score (nSPS) is 10.2. The van der Waals surface area contributed by atoms with Crippen LogP contribution in [0.3, 0.4) is 0 Å². The summed E-state index contributed by atoms with van der Waals surface area (Å²) in [5, 5.41) is 0. The molecule has 0 saturated heterocycles. The van der Waals surface area contributed by atoms with Gasteiger partial charge in [0.15, 0.2) is 0 Å². The lowest BCUT2D eigenvalue weighted by Crippen LogP contribution is -2.01. The SMILES string of the molecule is Cc1ccnc(Cc2cccnc2)c1N. The summed E-state index contributed by atoms with van der Waals surface area (Å²) in [5.74, 6) is 0. The van der Waals surface area contributed by atoms with Crippen LogP contribution >= 0.6 is 0 Å². The maximum atomic E-state index is 5.95. The fourth-order valence-electron chi connectivity index (χ4n) is 1.46. The fraction of sp³-hybridized carbons (Fsp3) is 0.167. The zero-order valence-electron chi connectivity index (χ0n) is 8.64. The van der Waals surface area contributed by atoms with Gasteiger partial charge in [-0.15, -0.1) is 0 Å². The molecule has 15 heavy (non-hydrogen) atoms. The summed E-state index contributed by atoms with van der Waals surface area (Å²) in [4.78, 5) is 8.35. The molecule has 0 aromatic carbocycles. The standard InChI is InChI=1S/C12H13N3/c1-9-4-6-15-11(12(9)13)7-10-3-2-5-14-8-10/h2-6,8H,7,13H2,1H3. The molecular formula is C12H13N3. The molecular weight excluding hydrogens is 186 g/mol. The molecule has 3 heteroatoms. The third kappa shape index (κ3) is 2.13. The van der Waals surface area contributed by atoms with Crippen molar-refractivity contribution in [2.75, 3.05) is 5.73 Å². The lowest BCUT2D eigenvalue weighted by Gasteiger charge is -2.06. The van der Waals surface area contributed by atoms with Gasteiger partial charge < -0.3 is 5.73 Å². The van der Waals surface area contributed by atoms with E-state index < -0.39 is 0 Å². The van der Waals surface area contributed by atoms with Gasteiger partial charge in [0.1, 0.15) is 0 Å². The topological polar surface area (TPSA) is 51.8 Å². The van der Waals surface area contributed by atoms with Gasteiger partial charge in [-0.3, -0.25) is 9.97 Å². The van der Waals surface area contributed by atoms with Crippen LogP contribution in [0.25, 0.3) is 0 Å². The molecule has 0 spiro atoms. The minimum atomic E-state index is 0.737. The lowest BCUT2D eigenvalue weighted by atomic mass is 10.1. The Hall–Kier alpha value is -1.90. The molecule has 0 fully saturated rings. The summed E-state index contributed by atoms with van der Waals surface area (Å²) in [5.41, 5.74) is 9.85. The van der Waals surface area contributed by atoms with Crippen LogP contribution in [0, 0.1) is 6.92 Å². The van der Waals surface area contributed by atoms with Gasteiger partial charge in [-0.25, -0.2) is 0 Å². The van der Waals surface area contributed by atoms with Crippen LogP contribution in [0.4, 0.5) is 5.69 Å². The van der Waals surface area contributed by atoms with Gasteiger partial charge in [-0.2, -0.15) is 0 Å². The number of hydrogen-bond donors (Lipinski definition) is 1. The van der Waals surface area contributed by atoms with Gasteiger partial charge in [0.25, 0.3) is 0 Å². The second kappa shape index (κ2) is 4.09. The summed E-state index contributed by atoms with van der Waals surface area (Å²) < 4.78 is 0. The zero-order valence-corrected chi connectivity index (χ0v) is 8.64. The molecule has 0 unspecified atom stereocenters. The van der Waals surface area contributed by atoms with Crippen LogP contribution < -0.4 is 5.73 Å². The van der Waals surface area contributed by atoms with Crippen molar-refractivity contribution in [2.24, 2.45) is 0 Å². The van der Waals surface area contributed by atoms with Crippen molar-refractivity contribution >= 4 is 5.69 Å². The van der Waals surface area contributed by atoms with E-state index >= 15 is 0 Å². The lowest BCUT2D eigenvalue weighted by molar-refractivity contribution is 1.05. The largest absolute Gasteiger partial charge is 0.397 e. The molecule has 2 N–H and O–H groups in total. The molecule has 0 amide bonds. The number of aromatic nitrogens is 2. The number of anilines is 1. The molecule has 76 valence electrons. The average Bonchev–Trinajstić information content (AvgIpc) is 2.26. The summed E-state index contributed by atoms with van der Waals surface area (Å²) in [6.45, 7) is 1.99. The molecule has 2 aromatic heterocycles. The Morgan fingerprint density at radius 3 is 2.87 bits per heavy atom. The third-order valence-electron chi connectivity index (χ3n) is 2.39. The molecule has 0 bridgehead atoms. The van der Waals surface area contributed by atoms with Gasteiger partial charge in [-0.05, 0) is 30.2 Å². The number of nitrogen functional groups attached to an aromatic ring is 1. The highest BCUT2D eigenvalue weighted by atomic mass is 14.7. The van der Waals surface area contributed by atoms with Crippen LogP contribution in [0.2, 0.25) is 0 Å². The Labute approximate surface area is 89.0 Å². The third-order valence-corrected chi connectivity index (χ3v) is 2.39. The molecule has 2 aromatic rings. The molecule has 0 atom stereocenters. The molecule has 3 nitrogen and oxygen atoms in total. The number of nitrogens with two attached hydrogens (primary N) is 1. The van der Waals surface area contributed by atoms with E-state index in [-0.39, 0.29) is 0 Å². The van der Waals surface area contributed by atoms with Gasteiger partial charge in [-0.1, -0.05) is 6.07 Å². The van der Waals surface area contributed by atoms with E-state index in [1.54, 1.807) is 12.4 Å². The van der Waals surface area contributed by atoms with Gasteiger partial charge in [0.05, 0.1) is 11.4 Å². The number of nitrogens with zero attached hydrogens (tertiary/aromatic N) is 2. The second-order valence-corrected chi connectivity index (χ2v) is 3.53. The number of pyridine rings is 2. The summed E-state index contributed by atoms with van der Waals surface area (Å²) in [6, 6.07) is 5.86. The van der Waals surface area contributed by atoms with Crippen molar-refractivity contribution in [3.63, 3.8) is 0 Å². The maximum Gasteiger partial charge on any atom is 0.0679 e. The van der Waals surface area contributed by atoms with E-state index in [9.17, 15) is 0 Å². The minimum Gasteiger partial charge on any atom is -0.397 e. The summed E-state index contributed by atoms with van der Waals surface area (Å²) >= 11 is 0. The van der Waals surface area contributed by atoms with Crippen molar-refractivity contribution in [3.05, 3.63) is 53.6 Å². The van der Waals surface area contributed by atoms with Crippen molar-refractivity contribution in [3.8, 4) is 0 Å². The van der Waals surface area contributed by atoms with E-state index in [0.29, 0.717) is 0 Å². The molecule has 0 radical (unpaired) electrons. The van der Waals surface area contributed by atoms with Crippen molar-refractivity contribution in [2.45, 2.75) is 13.3 Å². The van der Waals surface area contributed by atoms with Crippen LogP contribution in [0.1, 0.15) is 16.8 Å². The van der Waals surface area contributed by atoms with E-state index in [0.717, 1.165) is 28.9 Å². The van der Waals surface area contributed by atoms with Crippen LogP contribution in [0.5, 0.6) is 0 Å². The van der Waals surface area contributed by atoms with E-state index in [1.165, 1.54) is 0 Å². The first kappa shape index (κ1) is 9.65. The average molecular weight is 199 g/mol. The highest BCUT2D eigenvalue weighted by Gasteiger charge is 2.03. The van der Waals surface area contributed by atoms with E-state index in [1.807, 2.05) is 31.3 Å². The molecule has 2 heterocycles. The van der Waals surface area contributed by atoms with E-state index in [4.69, 9.17) is 5.73 Å². The molecule has 2 rings (SSSR count). The smallest absolute Gasteiger partial charge is 0.0679 e. The monoisotopic (exact) mass is 199 g/mol. The Balaban J connectivity index is 2.29. The van der Waals surface area contributed by atoms with E-state index in [2.05, 4.69) is 9.97 Å². The van der Waals surface area contributed by atoms with Crippen molar-refractivity contribution in [1.82, 2.24) is 9.97 Å². The Kier molecular flexibility index (Phi) is 2.63. The highest BCUT2D eigenvalue weighted by Crippen LogP contribution is 2.16. The van der Waals surface area contributed by atoms with Crippen LogP contribution in [0.15, 0.2) is 36.8 Å². The number of aryl methyl sites for hydroxylation is 1. The molecule has 0 aliphatic rings. The predicted molar refractivity (Wildman–Crippen MR) is 60.4 cm³/mol. The van der Waals surface area contributed by atoms with Crippen molar-refractivity contribution in [1.29, 1.82) is 0 Å². The van der Waals surface area contributed by atoms with Gasteiger partial charge in [0, 0.05) is 25.0 Å². The molecule has 0 aliphatic carbocycles. The Morgan fingerprint density at radius 1 is 1.27 bits per heavy atom. The Morgan fingerprint density at radius 2 is 2.13 bits per heavy atom. The number of hydrogen-bond acceptors (Lipinski definition) is 3. The predicted octanol–water partition coefficient (Wildman–Crippen LogP) is 1.96. The van der Waals surface area contributed by atoms with Crippen molar-refractivity contribution < 1.29 is 0 Å². The Bertz CT molecular complexity index is 452. The second-order valence-electron chi connectivity index (χ2n) is 3.53. The highest BCUT2D eigenvalue weighted by molar-refractivity contribution is 5.50. The molecule has 0 saturated carbocycles. The first-order valence-electron chi connectivity index (χ1n) is 4.86. The fourth-order valence-corrected chi connectivity index (χ4v) is 1.46. The molecule has 0 aliphatic heterocycles. The van der Waals surface area contributed by atoms with Gasteiger partial charge in [0.2, 0.25) is 0 Å².